The standard InChI is InChI=1S/C26H27N5O2/c1-17-5-7-22-21(14-17)25(19-9-11-27-12-10-19)26(28-22)20-4-3-13-30(15-20)24(33)16-31-23(32)8-6-18(2)29-31/h5-12,14,20,28H,3-4,13,15-16H2,1-2H3. The van der Waals surface area contributed by atoms with Crippen molar-refractivity contribution in [2.24, 2.45) is 0 Å². The Morgan fingerprint density at radius 3 is 2.76 bits per heavy atom. The molecule has 0 aliphatic carbocycles. The number of nitrogens with zero attached hydrogens (tertiary/aromatic N) is 4. The van der Waals surface area contributed by atoms with Gasteiger partial charge in [0.1, 0.15) is 6.54 Å². The molecule has 0 bridgehead atoms. The number of nitrogens with one attached hydrogen (secondary N) is 1. The third-order valence-electron chi connectivity index (χ3n) is 6.42. The van der Waals surface area contributed by atoms with Gasteiger partial charge in [0.15, 0.2) is 0 Å². The molecule has 33 heavy (non-hydrogen) atoms. The third-order valence-corrected chi connectivity index (χ3v) is 6.42. The van der Waals surface area contributed by atoms with Gasteiger partial charge in [0.2, 0.25) is 5.91 Å². The summed E-state index contributed by atoms with van der Waals surface area (Å²) in [5.74, 6) is 0.109. The van der Waals surface area contributed by atoms with E-state index in [-0.39, 0.29) is 23.9 Å². The fourth-order valence-corrected chi connectivity index (χ4v) is 4.79. The van der Waals surface area contributed by atoms with Gasteiger partial charge in [-0.15, -0.1) is 0 Å². The molecule has 4 heterocycles. The van der Waals surface area contributed by atoms with E-state index in [4.69, 9.17) is 0 Å². The van der Waals surface area contributed by atoms with Gasteiger partial charge in [-0.3, -0.25) is 14.6 Å². The van der Waals surface area contributed by atoms with Crippen molar-refractivity contribution in [2.75, 3.05) is 13.1 Å². The predicted octanol–water partition coefficient (Wildman–Crippen LogP) is 3.81. The Kier molecular flexibility index (Phi) is 5.54. The smallest absolute Gasteiger partial charge is 0.267 e. The Morgan fingerprint density at radius 2 is 1.94 bits per heavy atom. The first-order valence-corrected chi connectivity index (χ1v) is 11.3. The van der Waals surface area contributed by atoms with Crippen LogP contribution < -0.4 is 5.56 Å². The van der Waals surface area contributed by atoms with Crippen molar-refractivity contribution >= 4 is 16.8 Å². The van der Waals surface area contributed by atoms with Crippen LogP contribution in [0.2, 0.25) is 0 Å². The summed E-state index contributed by atoms with van der Waals surface area (Å²) in [6.07, 6.45) is 5.54. The summed E-state index contributed by atoms with van der Waals surface area (Å²) >= 11 is 0. The van der Waals surface area contributed by atoms with Crippen LogP contribution in [0.3, 0.4) is 0 Å². The number of fused-ring (bicyclic) bond motifs is 1. The van der Waals surface area contributed by atoms with Gasteiger partial charge < -0.3 is 9.88 Å². The van der Waals surface area contributed by atoms with E-state index in [2.05, 4.69) is 40.2 Å². The quantitative estimate of drug-likeness (QED) is 0.522. The second-order valence-electron chi connectivity index (χ2n) is 8.85. The Labute approximate surface area is 192 Å². The number of benzene rings is 1. The second kappa shape index (κ2) is 8.65. The highest BCUT2D eigenvalue weighted by Crippen LogP contribution is 2.39. The number of hydrogen-bond donors (Lipinski definition) is 1. The lowest BCUT2D eigenvalue weighted by molar-refractivity contribution is -0.133. The van der Waals surface area contributed by atoms with Gasteiger partial charge in [0.05, 0.1) is 5.69 Å². The molecule has 7 heteroatoms. The van der Waals surface area contributed by atoms with Crippen LogP contribution in [-0.4, -0.2) is 43.6 Å². The maximum atomic E-state index is 13.1. The largest absolute Gasteiger partial charge is 0.358 e. The molecule has 3 aromatic heterocycles. The first-order valence-electron chi connectivity index (χ1n) is 11.3. The molecule has 1 aromatic carbocycles. The van der Waals surface area contributed by atoms with Crippen LogP contribution in [0.25, 0.3) is 22.0 Å². The Hall–Kier alpha value is -3.74. The molecule has 1 amide bonds. The number of pyridine rings is 1. The molecule has 7 nitrogen and oxygen atoms in total. The number of likely N-dealkylation sites (tertiary alicyclic amines) is 1. The molecule has 4 aromatic rings. The zero-order chi connectivity index (χ0) is 22.9. The van der Waals surface area contributed by atoms with Gasteiger partial charge in [0, 0.05) is 59.6 Å². The lowest BCUT2D eigenvalue weighted by atomic mass is 9.89. The van der Waals surface area contributed by atoms with Crippen molar-refractivity contribution in [3.63, 3.8) is 0 Å². The van der Waals surface area contributed by atoms with Crippen molar-refractivity contribution in [2.45, 2.75) is 39.2 Å². The number of carbonyl (C=O) groups excluding carboxylic acids is 1. The molecule has 1 unspecified atom stereocenters. The lowest BCUT2D eigenvalue weighted by Gasteiger charge is -2.33. The molecule has 1 N–H and O–H groups in total. The number of piperidine rings is 1. The molecule has 1 aliphatic rings. The minimum absolute atomic E-state index is 0.0314. The van der Waals surface area contributed by atoms with Gasteiger partial charge in [-0.25, -0.2) is 4.68 Å². The molecular formula is C26H27N5O2. The number of H-pyrrole nitrogens is 1. The predicted molar refractivity (Wildman–Crippen MR) is 128 cm³/mol. The highest BCUT2D eigenvalue weighted by molar-refractivity contribution is 5.98. The Balaban J connectivity index is 1.47. The summed E-state index contributed by atoms with van der Waals surface area (Å²) in [6.45, 7) is 5.19. The summed E-state index contributed by atoms with van der Waals surface area (Å²) in [7, 11) is 0. The van der Waals surface area contributed by atoms with Crippen LogP contribution in [0.15, 0.2) is 59.7 Å². The van der Waals surface area contributed by atoms with E-state index in [1.54, 1.807) is 6.07 Å². The van der Waals surface area contributed by atoms with Crippen molar-refractivity contribution in [3.05, 3.63) is 82.2 Å². The Bertz CT molecular complexity index is 1370. The topological polar surface area (TPSA) is 83.9 Å². The van der Waals surface area contributed by atoms with Crippen molar-refractivity contribution < 1.29 is 4.79 Å². The molecule has 0 radical (unpaired) electrons. The number of aryl methyl sites for hydroxylation is 2. The zero-order valence-electron chi connectivity index (χ0n) is 18.9. The molecule has 5 rings (SSSR count). The van der Waals surface area contributed by atoms with Crippen molar-refractivity contribution in [1.29, 1.82) is 0 Å². The number of rotatable bonds is 4. The first-order chi connectivity index (χ1) is 16.0. The maximum absolute atomic E-state index is 13.1. The third kappa shape index (κ3) is 4.18. The molecule has 0 saturated carbocycles. The highest BCUT2D eigenvalue weighted by Gasteiger charge is 2.29. The van der Waals surface area contributed by atoms with Crippen molar-refractivity contribution in [1.82, 2.24) is 24.6 Å². The van der Waals surface area contributed by atoms with E-state index >= 15 is 0 Å². The van der Waals surface area contributed by atoms with Gasteiger partial charge in [-0.2, -0.15) is 5.10 Å². The van der Waals surface area contributed by atoms with E-state index in [9.17, 15) is 9.59 Å². The van der Waals surface area contributed by atoms with Crippen LogP contribution in [0, 0.1) is 13.8 Å². The summed E-state index contributed by atoms with van der Waals surface area (Å²) in [5.41, 5.74) is 6.23. The second-order valence-corrected chi connectivity index (χ2v) is 8.85. The molecular weight excluding hydrogens is 414 g/mol. The maximum Gasteiger partial charge on any atom is 0.267 e. The van der Waals surface area contributed by atoms with Crippen LogP contribution in [0.1, 0.15) is 35.7 Å². The van der Waals surface area contributed by atoms with Crippen LogP contribution >= 0.6 is 0 Å². The first kappa shape index (κ1) is 21.1. The summed E-state index contributed by atoms with van der Waals surface area (Å²) < 4.78 is 1.26. The van der Waals surface area contributed by atoms with E-state index in [1.807, 2.05) is 36.4 Å². The summed E-state index contributed by atoms with van der Waals surface area (Å²) in [6, 6.07) is 13.7. The summed E-state index contributed by atoms with van der Waals surface area (Å²) in [4.78, 5) is 34.9. The van der Waals surface area contributed by atoms with Crippen LogP contribution in [0.5, 0.6) is 0 Å². The Morgan fingerprint density at radius 1 is 1.12 bits per heavy atom. The number of aromatic nitrogens is 4. The van der Waals surface area contributed by atoms with Crippen molar-refractivity contribution in [3.8, 4) is 11.1 Å². The summed E-state index contributed by atoms with van der Waals surface area (Å²) in [5, 5.41) is 5.41. The number of carbonyl (C=O) groups is 1. The van der Waals surface area contributed by atoms with E-state index in [0.29, 0.717) is 18.8 Å². The molecule has 0 spiro atoms. The van der Waals surface area contributed by atoms with Gasteiger partial charge >= 0.3 is 0 Å². The normalized spacial score (nSPS) is 16.3. The molecule has 1 saturated heterocycles. The van der Waals surface area contributed by atoms with Crippen LogP contribution in [0.4, 0.5) is 0 Å². The SMILES string of the molecule is Cc1ccc2[nH]c(C3CCCN(C(=O)Cn4nc(C)ccc4=O)C3)c(-c3ccncc3)c2c1. The molecule has 168 valence electrons. The average Bonchev–Trinajstić information content (AvgIpc) is 3.20. The van der Waals surface area contributed by atoms with E-state index in [1.165, 1.54) is 27.3 Å². The minimum atomic E-state index is -0.256. The minimum Gasteiger partial charge on any atom is -0.358 e. The number of aromatic amines is 1. The lowest BCUT2D eigenvalue weighted by Crippen LogP contribution is -2.42. The zero-order valence-corrected chi connectivity index (χ0v) is 18.9. The van der Waals surface area contributed by atoms with Gasteiger partial charge in [-0.1, -0.05) is 11.6 Å². The average molecular weight is 442 g/mol. The van der Waals surface area contributed by atoms with Gasteiger partial charge in [0.25, 0.3) is 5.56 Å². The molecule has 1 aliphatic heterocycles. The fraction of sp³-hybridized carbons (Fsp3) is 0.308. The number of amides is 1. The van der Waals surface area contributed by atoms with Gasteiger partial charge in [-0.05, 0) is 62.6 Å². The van der Waals surface area contributed by atoms with Crippen LogP contribution in [-0.2, 0) is 11.3 Å². The van der Waals surface area contributed by atoms with E-state index in [0.717, 1.165) is 29.6 Å². The van der Waals surface area contributed by atoms with E-state index < -0.39 is 0 Å². The number of hydrogen-bond acceptors (Lipinski definition) is 4. The fourth-order valence-electron chi connectivity index (χ4n) is 4.79. The monoisotopic (exact) mass is 441 g/mol. The molecule has 1 fully saturated rings. The highest BCUT2D eigenvalue weighted by atomic mass is 16.2. The molecule has 1 atom stereocenters.